The van der Waals surface area contributed by atoms with Crippen LogP contribution in [0.4, 0.5) is 0 Å². The van der Waals surface area contributed by atoms with Crippen LogP contribution in [-0.4, -0.2) is 0 Å². The van der Waals surface area contributed by atoms with E-state index >= 15 is 0 Å². The molecule has 3 atom stereocenters. The number of unbranched alkanes of at least 4 members (excludes halogenated alkanes) is 18. The van der Waals surface area contributed by atoms with Gasteiger partial charge in [-0.25, -0.2) is 0 Å². The van der Waals surface area contributed by atoms with E-state index in [9.17, 15) is 0 Å². The molecular weight excluding hydrogens is 1170 g/mol. The lowest BCUT2D eigenvalue weighted by molar-refractivity contribution is 0.373. The molecule has 6 aromatic carbocycles. The van der Waals surface area contributed by atoms with Crippen molar-refractivity contribution < 1.29 is 27.1 Å². The number of hydrogen-bond acceptors (Lipinski definition) is 6. The zero-order valence-corrected chi connectivity index (χ0v) is 61.2. The Balaban J connectivity index is 0.000000334. The molecular formula is C84H126O6P2. The predicted molar refractivity (Wildman–Crippen MR) is 399 cm³/mol. The van der Waals surface area contributed by atoms with E-state index in [4.69, 9.17) is 27.1 Å². The molecule has 0 saturated heterocycles. The largest absolute Gasteiger partial charge is 0.530 e. The molecule has 6 aromatic rings. The van der Waals surface area contributed by atoms with Crippen molar-refractivity contribution in [2.24, 2.45) is 17.8 Å². The highest BCUT2D eigenvalue weighted by Crippen LogP contribution is 2.48. The summed E-state index contributed by atoms with van der Waals surface area (Å²) in [4.78, 5) is 0. The van der Waals surface area contributed by atoms with Crippen molar-refractivity contribution in [3.8, 4) is 34.5 Å². The summed E-state index contributed by atoms with van der Waals surface area (Å²) in [5.74, 6) is 7.19. The van der Waals surface area contributed by atoms with Crippen molar-refractivity contribution in [1.29, 1.82) is 0 Å². The van der Waals surface area contributed by atoms with Gasteiger partial charge in [-0.3, -0.25) is 0 Å². The maximum Gasteiger partial charge on any atom is 0.530 e. The van der Waals surface area contributed by atoms with Crippen molar-refractivity contribution in [2.45, 2.75) is 293 Å². The van der Waals surface area contributed by atoms with E-state index in [1.807, 2.05) is 0 Å². The number of para-hydroxylation sites is 6. The Hall–Kier alpha value is -5.02. The van der Waals surface area contributed by atoms with Gasteiger partial charge in [-0.05, 0) is 145 Å². The van der Waals surface area contributed by atoms with Crippen molar-refractivity contribution in [2.75, 3.05) is 0 Å². The molecule has 8 heteroatoms. The minimum Gasteiger partial charge on any atom is -0.408 e. The summed E-state index contributed by atoms with van der Waals surface area (Å²) in [5.41, 5.74) is 7.42. The first-order chi connectivity index (χ1) is 45.3. The summed E-state index contributed by atoms with van der Waals surface area (Å²) in [6.07, 6.45) is 43.8. The summed E-state index contributed by atoms with van der Waals surface area (Å²) >= 11 is 0. The van der Waals surface area contributed by atoms with Crippen molar-refractivity contribution in [3.63, 3.8) is 0 Å². The maximum atomic E-state index is 6.83. The fourth-order valence-corrected chi connectivity index (χ4v) is 14.6. The van der Waals surface area contributed by atoms with Crippen LogP contribution in [0.25, 0.3) is 0 Å². The van der Waals surface area contributed by atoms with Crippen molar-refractivity contribution in [1.82, 2.24) is 0 Å². The summed E-state index contributed by atoms with van der Waals surface area (Å²) in [6.45, 7) is 20.6. The van der Waals surface area contributed by atoms with Crippen LogP contribution >= 0.6 is 17.2 Å². The van der Waals surface area contributed by atoms with Gasteiger partial charge < -0.3 is 27.1 Å². The molecule has 0 radical (unpaired) electrons. The first kappa shape index (κ1) is 77.7. The van der Waals surface area contributed by atoms with E-state index in [0.717, 1.165) is 73.0 Å². The van der Waals surface area contributed by atoms with Gasteiger partial charge in [0.1, 0.15) is 34.5 Å². The number of rotatable bonds is 51. The third-order valence-corrected chi connectivity index (χ3v) is 20.5. The van der Waals surface area contributed by atoms with Gasteiger partial charge in [0.2, 0.25) is 0 Å². The van der Waals surface area contributed by atoms with Gasteiger partial charge >= 0.3 is 17.2 Å². The molecule has 0 aliphatic rings. The van der Waals surface area contributed by atoms with Gasteiger partial charge in [0, 0.05) is 0 Å². The Kier molecular flexibility index (Phi) is 41.8. The molecule has 0 aliphatic heterocycles. The second-order valence-corrected chi connectivity index (χ2v) is 28.0. The van der Waals surface area contributed by atoms with Gasteiger partial charge in [-0.1, -0.05) is 345 Å². The van der Waals surface area contributed by atoms with E-state index in [2.05, 4.69) is 208 Å². The van der Waals surface area contributed by atoms with Crippen LogP contribution in [0.5, 0.6) is 34.5 Å². The fourth-order valence-electron chi connectivity index (χ4n) is 12.3. The lowest BCUT2D eigenvalue weighted by atomic mass is 9.92. The first-order valence-electron chi connectivity index (χ1n) is 37.4. The quantitative estimate of drug-likeness (QED) is 0.0280. The van der Waals surface area contributed by atoms with Crippen LogP contribution in [0.1, 0.15) is 288 Å². The molecule has 6 nitrogen and oxygen atoms in total. The Bertz CT molecular complexity index is 2480. The number of aryl methyl sites for hydroxylation is 3. The van der Waals surface area contributed by atoms with E-state index < -0.39 is 17.2 Å². The van der Waals surface area contributed by atoms with Gasteiger partial charge in [-0.2, -0.15) is 0 Å². The van der Waals surface area contributed by atoms with Gasteiger partial charge in [0.15, 0.2) is 0 Å². The fraction of sp³-hybridized carbons (Fsp3) is 0.571. The van der Waals surface area contributed by atoms with Gasteiger partial charge in [-0.15, -0.1) is 0 Å². The standard InChI is InChI=1S/2C42H63O3P/c1-7-13-22-34(10-4)31-37-25-16-19-28-40(37)43-46(44-41-29-20-17-26-38(41)32-35(11-5)23-14-8-2)45-42-30-21-18-27-39(42)33-36(12-6)24-15-9-3;1-4-7-10-13-16-19-28-37-31-22-25-34-40(37)43-46(44-41-35-26-23-32-38(41)29-20-17-14-11-8-5-2)45-42-36-27-24-33-39(42)30-21-18-15-12-9-6-3/h16-21,25-30,34-36H,7-15,22-24,31-33H2,1-6H3;22-27,31-36H,4-21,28-30H2,1-3H3. The highest BCUT2D eigenvalue weighted by atomic mass is 31.2. The zero-order chi connectivity index (χ0) is 65.5. The Morgan fingerprint density at radius 3 is 0.652 bits per heavy atom. The molecule has 3 unspecified atom stereocenters. The van der Waals surface area contributed by atoms with Gasteiger partial charge in [0.05, 0.1) is 0 Å². The Morgan fingerprint density at radius 1 is 0.228 bits per heavy atom. The van der Waals surface area contributed by atoms with Crippen LogP contribution in [0.3, 0.4) is 0 Å². The second kappa shape index (κ2) is 49.5. The van der Waals surface area contributed by atoms with E-state index in [0.29, 0.717) is 17.8 Å². The number of hydrogen-bond donors (Lipinski definition) is 0. The predicted octanol–water partition coefficient (Wildman–Crippen LogP) is 27.9. The first-order valence-corrected chi connectivity index (χ1v) is 39.6. The van der Waals surface area contributed by atoms with Gasteiger partial charge in [0.25, 0.3) is 0 Å². The summed E-state index contributed by atoms with van der Waals surface area (Å²) in [5, 5.41) is 0. The molecule has 0 amide bonds. The monoisotopic (exact) mass is 1290 g/mol. The SMILES string of the molecule is CCCCC(CC)Cc1ccccc1OP(Oc1ccccc1CC(CC)CCCC)Oc1ccccc1CC(CC)CCCC.CCCCCCCCc1ccccc1OP(Oc1ccccc1CCCCCCCC)Oc1ccccc1CCCCCCCC. The summed E-state index contributed by atoms with van der Waals surface area (Å²) in [6, 6.07) is 50.9. The minimum atomic E-state index is -1.76. The Labute approximate surface area is 565 Å². The van der Waals surface area contributed by atoms with Crippen LogP contribution in [0.15, 0.2) is 146 Å². The molecule has 508 valence electrons. The third kappa shape index (κ3) is 31.0. The third-order valence-electron chi connectivity index (χ3n) is 18.4. The summed E-state index contributed by atoms with van der Waals surface area (Å²) in [7, 11) is -3.48. The molecule has 0 heterocycles. The highest BCUT2D eigenvalue weighted by Gasteiger charge is 2.27. The van der Waals surface area contributed by atoms with Crippen molar-refractivity contribution in [3.05, 3.63) is 179 Å². The minimum absolute atomic E-state index is 0.641. The molecule has 6 rings (SSSR count). The number of benzene rings is 6. The lowest BCUT2D eigenvalue weighted by Crippen LogP contribution is -2.10. The normalized spacial score (nSPS) is 12.6. The second-order valence-electron chi connectivity index (χ2n) is 26.1. The van der Waals surface area contributed by atoms with E-state index in [1.54, 1.807) is 0 Å². The highest BCUT2D eigenvalue weighted by molar-refractivity contribution is 7.43. The molecule has 0 N–H and O–H groups in total. The van der Waals surface area contributed by atoms with Crippen LogP contribution in [0.2, 0.25) is 0 Å². The van der Waals surface area contributed by atoms with Crippen LogP contribution < -0.4 is 27.1 Å². The smallest absolute Gasteiger partial charge is 0.408 e. The maximum absolute atomic E-state index is 6.83. The average molecular weight is 1290 g/mol. The molecule has 0 bridgehead atoms. The molecule has 92 heavy (non-hydrogen) atoms. The van der Waals surface area contributed by atoms with Crippen LogP contribution in [0, 0.1) is 17.8 Å². The van der Waals surface area contributed by atoms with E-state index in [1.165, 1.54) is 226 Å². The van der Waals surface area contributed by atoms with Crippen molar-refractivity contribution >= 4 is 17.2 Å². The lowest BCUT2D eigenvalue weighted by Gasteiger charge is -2.24. The Morgan fingerprint density at radius 2 is 0.424 bits per heavy atom. The zero-order valence-electron chi connectivity index (χ0n) is 59.4. The molecule has 0 aliphatic carbocycles. The van der Waals surface area contributed by atoms with Crippen LogP contribution in [-0.2, 0) is 38.5 Å². The average Bonchev–Trinajstić information content (AvgIpc) is 1.60. The summed E-state index contributed by atoms with van der Waals surface area (Å²) < 4.78 is 40.6. The topological polar surface area (TPSA) is 55.4 Å². The molecule has 0 aromatic heterocycles. The van der Waals surface area contributed by atoms with E-state index in [-0.39, 0.29) is 0 Å². The molecule has 0 spiro atoms. The molecule has 0 fully saturated rings. The molecule has 0 saturated carbocycles.